The minimum absolute atomic E-state index is 0.0381. The Morgan fingerprint density at radius 3 is 2.72 bits per heavy atom. The van der Waals surface area contributed by atoms with Crippen LogP contribution in [0.5, 0.6) is 0 Å². The standard InChI is InChI=1S/C14H13N7O3S/c1-6(14-17-3-7(25-14)12(23)15-2)20-13(24)10-9-11(19-5-18-10)21-8(22)4-16-9/h3-6H,1-2H3,(H,15,23)(H,20,24)(H,18,19,21,22)/t6-/m1/s1. The van der Waals surface area contributed by atoms with Crippen LogP contribution in [-0.4, -0.2) is 43.8 Å². The maximum atomic E-state index is 12.5. The summed E-state index contributed by atoms with van der Waals surface area (Å²) in [6.07, 6.45) is 3.68. The molecule has 0 saturated carbocycles. The number of carbonyl (C=O) groups is 2. The number of aromatic amines is 1. The van der Waals surface area contributed by atoms with Gasteiger partial charge in [-0.25, -0.2) is 19.9 Å². The van der Waals surface area contributed by atoms with E-state index >= 15 is 0 Å². The second kappa shape index (κ2) is 6.73. The van der Waals surface area contributed by atoms with Gasteiger partial charge >= 0.3 is 0 Å². The van der Waals surface area contributed by atoms with E-state index in [-0.39, 0.29) is 22.8 Å². The van der Waals surface area contributed by atoms with E-state index < -0.39 is 17.5 Å². The van der Waals surface area contributed by atoms with Gasteiger partial charge in [-0.05, 0) is 6.92 Å². The summed E-state index contributed by atoms with van der Waals surface area (Å²) in [4.78, 5) is 54.2. The molecular formula is C14H13N7O3S. The lowest BCUT2D eigenvalue weighted by Gasteiger charge is -2.11. The van der Waals surface area contributed by atoms with Crippen LogP contribution in [0.25, 0.3) is 11.2 Å². The third kappa shape index (κ3) is 3.35. The van der Waals surface area contributed by atoms with Crippen molar-refractivity contribution >= 4 is 34.3 Å². The van der Waals surface area contributed by atoms with Crippen LogP contribution in [0.4, 0.5) is 0 Å². The summed E-state index contributed by atoms with van der Waals surface area (Å²) in [5, 5.41) is 5.83. The number of hydrogen-bond acceptors (Lipinski definition) is 8. The maximum Gasteiger partial charge on any atom is 0.272 e. The van der Waals surface area contributed by atoms with Crippen molar-refractivity contribution in [2.75, 3.05) is 7.05 Å². The molecule has 25 heavy (non-hydrogen) atoms. The van der Waals surface area contributed by atoms with E-state index in [9.17, 15) is 14.4 Å². The van der Waals surface area contributed by atoms with Crippen molar-refractivity contribution in [1.29, 1.82) is 0 Å². The Morgan fingerprint density at radius 2 is 1.96 bits per heavy atom. The molecule has 0 bridgehead atoms. The Bertz CT molecular complexity index is 1010. The monoisotopic (exact) mass is 359 g/mol. The first-order valence-corrected chi connectivity index (χ1v) is 8.00. The number of nitrogens with one attached hydrogen (secondary N) is 3. The zero-order chi connectivity index (χ0) is 18.0. The van der Waals surface area contributed by atoms with Crippen molar-refractivity contribution in [1.82, 2.24) is 35.6 Å². The van der Waals surface area contributed by atoms with E-state index in [2.05, 4.69) is 35.6 Å². The topological polar surface area (TPSA) is 143 Å². The van der Waals surface area contributed by atoms with Gasteiger partial charge in [-0.2, -0.15) is 0 Å². The fourth-order valence-electron chi connectivity index (χ4n) is 2.07. The van der Waals surface area contributed by atoms with E-state index in [0.717, 1.165) is 6.20 Å². The van der Waals surface area contributed by atoms with Gasteiger partial charge in [0, 0.05) is 7.05 Å². The van der Waals surface area contributed by atoms with Crippen molar-refractivity contribution in [2.45, 2.75) is 13.0 Å². The highest BCUT2D eigenvalue weighted by molar-refractivity contribution is 7.13. The van der Waals surface area contributed by atoms with Crippen molar-refractivity contribution in [3.05, 3.63) is 44.7 Å². The molecule has 3 aromatic heterocycles. The molecule has 0 fully saturated rings. The fourth-order valence-corrected chi connectivity index (χ4v) is 2.94. The molecule has 10 nitrogen and oxygen atoms in total. The van der Waals surface area contributed by atoms with Crippen LogP contribution in [-0.2, 0) is 0 Å². The van der Waals surface area contributed by atoms with E-state index in [0.29, 0.717) is 9.88 Å². The van der Waals surface area contributed by atoms with E-state index in [1.165, 1.54) is 30.9 Å². The molecule has 0 spiro atoms. The van der Waals surface area contributed by atoms with Crippen molar-refractivity contribution in [3.63, 3.8) is 0 Å². The molecule has 128 valence electrons. The first kappa shape index (κ1) is 16.6. The van der Waals surface area contributed by atoms with Gasteiger partial charge in [0.1, 0.15) is 21.7 Å². The number of rotatable bonds is 4. The first-order chi connectivity index (χ1) is 12.0. The number of hydrogen-bond donors (Lipinski definition) is 3. The number of H-pyrrole nitrogens is 1. The quantitative estimate of drug-likeness (QED) is 0.596. The molecule has 0 unspecified atom stereocenters. The lowest BCUT2D eigenvalue weighted by Crippen LogP contribution is -2.28. The highest BCUT2D eigenvalue weighted by atomic mass is 32.1. The molecule has 11 heteroatoms. The molecule has 0 aliphatic heterocycles. The molecule has 0 saturated heterocycles. The molecule has 3 aromatic rings. The minimum Gasteiger partial charge on any atom is -0.354 e. The van der Waals surface area contributed by atoms with Gasteiger partial charge in [0.2, 0.25) is 0 Å². The highest BCUT2D eigenvalue weighted by Gasteiger charge is 2.20. The molecule has 2 amide bonds. The first-order valence-electron chi connectivity index (χ1n) is 7.18. The molecule has 3 rings (SSSR count). The summed E-state index contributed by atoms with van der Waals surface area (Å²) in [5.74, 6) is -0.728. The maximum absolute atomic E-state index is 12.5. The smallest absolute Gasteiger partial charge is 0.272 e. The second-order valence-corrected chi connectivity index (χ2v) is 6.07. The minimum atomic E-state index is -0.490. The van der Waals surface area contributed by atoms with Crippen LogP contribution in [0.3, 0.4) is 0 Å². The van der Waals surface area contributed by atoms with Gasteiger partial charge in [-0.3, -0.25) is 14.4 Å². The predicted molar refractivity (Wildman–Crippen MR) is 89.3 cm³/mol. The summed E-state index contributed by atoms with van der Waals surface area (Å²) in [6.45, 7) is 1.74. The summed E-state index contributed by atoms with van der Waals surface area (Å²) < 4.78 is 0. The number of fused-ring (bicyclic) bond motifs is 1. The largest absolute Gasteiger partial charge is 0.354 e. The summed E-state index contributed by atoms with van der Waals surface area (Å²) in [7, 11) is 1.53. The van der Waals surface area contributed by atoms with Gasteiger partial charge in [-0.1, -0.05) is 0 Å². The lowest BCUT2D eigenvalue weighted by atomic mass is 10.3. The molecule has 3 heterocycles. The Kier molecular flexibility index (Phi) is 4.48. The normalized spacial score (nSPS) is 11.9. The van der Waals surface area contributed by atoms with Crippen LogP contribution in [0.15, 0.2) is 23.5 Å². The number of carbonyl (C=O) groups excluding carboxylic acids is 2. The number of amides is 2. The summed E-state index contributed by atoms with van der Waals surface area (Å²) in [5.41, 5.74) is -0.0138. The Morgan fingerprint density at radius 1 is 1.16 bits per heavy atom. The average Bonchev–Trinajstić information content (AvgIpc) is 3.10. The van der Waals surface area contributed by atoms with Crippen LogP contribution in [0.2, 0.25) is 0 Å². The molecule has 0 aromatic carbocycles. The van der Waals surface area contributed by atoms with Crippen molar-refractivity contribution in [2.24, 2.45) is 0 Å². The van der Waals surface area contributed by atoms with Crippen LogP contribution in [0, 0.1) is 0 Å². The zero-order valence-electron chi connectivity index (χ0n) is 13.2. The van der Waals surface area contributed by atoms with E-state index in [1.54, 1.807) is 6.92 Å². The van der Waals surface area contributed by atoms with Gasteiger partial charge in [0.05, 0.1) is 18.4 Å². The molecule has 0 aliphatic carbocycles. The molecular weight excluding hydrogens is 346 g/mol. The lowest BCUT2D eigenvalue weighted by molar-refractivity contribution is 0.0934. The number of aromatic nitrogens is 5. The van der Waals surface area contributed by atoms with Gasteiger partial charge in [0.15, 0.2) is 11.3 Å². The molecule has 1 atom stereocenters. The Balaban J connectivity index is 1.83. The van der Waals surface area contributed by atoms with E-state index in [4.69, 9.17) is 0 Å². The summed E-state index contributed by atoms with van der Waals surface area (Å²) in [6, 6.07) is -0.441. The fraction of sp³-hybridized carbons (Fsp3) is 0.214. The Labute approximate surface area is 144 Å². The third-order valence-electron chi connectivity index (χ3n) is 3.28. The van der Waals surface area contributed by atoms with Gasteiger partial charge in [-0.15, -0.1) is 11.3 Å². The van der Waals surface area contributed by atoms with Crippen LogP contribution in [0.1, 0.15) is 38.1 Å². The average molecular weight is 359 g/mol. The number of thiazole rings is 1. The molecule has 0 radical (unpaired) electrons. The third-order valence-corrected chi connectivity index (χ3v) is 4.46. The van der Waals surface area contributed by atoms with Crippen LogP contribution < -0.4 is 16.2 Å². The predicted octanol–water partition coefficient (Wildman–Crippen LogP) is 0.0202. The highest BCUT2D eigenvalue weighted by Crippen LogP contribution is 2.20. The Hall–Kier alpha value is -3.21. The van der Waals surface area contributed by atoms with Crippen LogP contribution >= 0.6 is 11.3 Å². The van der Waals surface area contributed by atoms with Gasteiger partial charge < -0.3 is 15.6 Å². The molecule has 0 aliphatic rings. The SMILES string of the molecule is CNC(=O)c1cnc([C@@H](C)NC(=O)c2ncnc3[nH]c(=O)cnc23)s1. The van der Waals surface area contributed by atoms with Gasteiger partial charge in [0.25, 0.3) is 17.4 Å². The van der Waals surface area contributed by atoms with Crippen molar-refractivity contribution in [3.8, 4) is 0 Å². The summed E-state index contributed by atoms with van der Waals surface area (Å²) >= 11 is 1.18. The number of nitrogens with zero attached hydrogens (tertiary/aromatic N) is 4. The zero-order valence-corrected chi connectivity index (χ0v) is 14.0. The van der Waals surface area contributed by atoms with Crippen molar-refractivity contribution < 1.29 is 9.59 Å². The van der Waals surface area contributed by atoms with E-state index in [1.807, 2.05) is 0 Å². The second-order valence-electron chi connectivity index (χ2n) is 5.00. The molecule has 3 N–H and O–H groups in total.